The molecule has 0 bridgehead atoms. The van der Waals surface area contributed by atoms with Gasteiger partial charge in [-0.3, -0.25) is 4.98 Å². The van der Waals surface area contributed by atoms with Gasteiger partial charge < -0.3 is 10.4 Å². The molecule has 25 heavy (non-hydrogen) atoms. The van der Waals surface area contributed by atoms with E-state index in [2.05, 4.69) is 15.3 Å². The van der Waals surface area contributed by atoms with E-state index in [1.165, 1.54) is 19.1 Å². The van der Waals surface area contributed by atoms with Gasteiger partial charge in [0.25, 0.3) is 5.92 Å². The van der Waals surface area contributed by atoms with Gasteiger partial charge in [-0.05, 0) is 11.6 Å². The molecule has 0 atom stereocenters. The minimum atomic E-state index is -2.82. The standard InChI is InChI=1S/C19H19F2N3O/c1-2-19(20,21)14-7-5-13(6-8-14)16-12-24-18(23-10-11-25)17-15(16)4-3-9-22-17/h3-9,12,25H,2,10-11H2,1H3,(H,23,24). The topological polar surface area (TPSA) is 58.0 Å². The summed E-state index contributed by atoms with van der Waals surface area (Å²) in [6, 6.07) is 10.0. The summed E-state index contributed by atoms with van der Waals surface area (Å²) in [5, 5.41) is 12.9. The molecule has 3 aromatic rings. The smallest absolute Gasteiger partial charge is 0.273 e. The van der Waals surface area contributed by atoms with Gasteiger partial charge >= 0.3 is 0 Å². The summed E-state index contributed by atoms with van der Waals surface area (Å²) in [6.45, 7) is 1.83. The van der Waals surface area contributed by atoms with Crippen LogP contribution in [0.4, 0.5) is 14.6 Å². The van der Waals surface area contributed by atoms with Crippen molar-refractivity contribution in [1.82, 2.24) is 9.97 Å². The van der Waals surface area contributed by atoms with Crippen LogP contribution in [-0.2, 0) is 5.92 Å². The maximum absolute atomic E-state index is 13.8. The Hall–Kier alpha value is -2.60. The van der Waals surface area contributed by atoms with E-state index in [-0.39, 0.29) is 18.6 Å². The third kappa shape index (κ3) is 3.44. The first-order valence-electron chi connectivity index (χ1n) is 8.14. The maximum Gasteiger partial charge on any atom is 0.273 e. The Morgan fingerprint density at radius 1 is 1.12 bits per heavy atom. The highest BCUT2D eigenvalue weighted by Crippen LogP contribution is 2.34. The normalized spacial score (nSPS) is 11.7. The largest absolute Gasteiger partial charge is 0.395 e. The summed E-state index contributed by atoms with van der Waals surface area (Å²) in [6.07, 6.45) is 3.13. The molecule has 0 fully saturated rings. The second-order valence-corrected chi connectivity index (χ2v) is 5.71. The second-order valence-electron chi connectivity index (χ2n) is 5.71. The molecule has 6 heteroatoms. The highest BCUT2D eigenvalue weighted by molar-refractivity contribution is 5.99. The van der Waals surface area contributed by atoms with Crippen molar-refractivity contribution < 1.29 is 13.9 Å². The third-order valence-electron chi connectivity index (χ3n) is 4.11. The fourth-order valence-electron chi connectivity index (χ4n) is 2.70. The van der Waals surface area contributed by atoms with Crippen molar-refractivity contribution in [2.75, 3.05) is 18.5 Å². The average molecular weight is 343 g/mol. The number of aliphatic hydroxyl groups is 1. The summed E-state index contributed by atoms with van der Waals surface area (Å²) < 4.78 is 27.6. The van der Waals surface area contributed by atoms with Gasteiger partial charge in [-0.1, -0.05) is 37.3 Å². The average Bonchev–Trinajstić information content (AvgIpc) is 2.66. The highest BCUT2D eigenvalue weighted by atomic mass is 19.3. The lowest BCUT2D eigenvalue weighted by Gasteiger charge is -2.15. The molecule has 0 radical (unpaired) electrons. The van der Waals surface area contributed by atoms with Gasteiger partial charge in [-0.15, -0.1) is 0 Å². The summed E-state index contributed by atoms with van der Waals surface area (Å²) in [4.78, 5) is 8.74. The molecular formula is C19H19F2N3O. The molecule has 0 spiro atoms. The maximum atomic E-state index is 13.8. The first kappa shape index (κ1) is 17.2. The predicted molar refractivity (Wildman–Crippen MR) is 94.7 cm³/mol. The van der Waals surface area contributed by atoms with E-state index in [4.69, 9.17) is 5.11 Å². The van der Waals surface area contributed by atoms with E-state index in [0.717, 1.165) is 16.5 Å². The van der Waals surface area contributed by atoms with Crippen LogP contribution in [0.2, 0.25) is 0 Å². The van der Waals surface area contributed by atoms with Crippen LogP contribution in [0.5, 0.6) is 0 Å². The van der Waals surface area contributed by atoms with E-state index in [1.54, 1.807) is 24.5 Å². The fraction of sp³-hybridized carbons (Fsp3) is 0.263. The van der Waals surface area contributed by atoms with Gasteiger partial charge in [-0.2, -0.15) is 0 Å². The highest BCUT2D eigenvalue weighted by Gasteiger charge is 2.28. The molecule has 3 rings (SSSR count). The Morgan fingerprint density at radius 3 is 2.56 bits per heavy atom. The lowest BCUT2D eigenvalue weighted by atomic mass is 9.99. The molecule has 1 aromatic carbocycles. The number of nitrogens with one attached hydrogen (secondary N) is 1. The number of alkyl halides is 2. The molecule has 2 aromatic heterocycles. The summed E-state index contributed by atoms with van der Waals surface area (Å²) >= 11 is 0. The lowest BCUT2D eigenvalue weighted by molar-refractivity contribution is -0.00827. The molecular weight excluding hydrogens is 324 g/mol. The number of halogens is 2. The minimum Gasteiger partial charge on any atom is -0.395 e. The van der Waals surface area contributed by atoms with Crippen molar-refractivity contribution in [3.63, 3.8) is 0 Å². The zero-order chi connectivity index (χ0) is 17.9. The molecule has 130 valence electrons. The second kappa shape index (κ2) is 7.11. The number of rotatable bonds is 6. The van der Waals surface area contributed by atoms with E-state index >= 15 is 0 Å². The number of hydrogen-bond acceptors (Lipinski definition) is 4. The van der Waals surface area contributed by atoms with E-state index < -0.39 is 5.92 Å². The van der Waals surface area contributed by atoms with Gasteiger partial charge in [0.1, 0.15) is 5.52 Å². The third-order valence-corrected chi connectivity index (χ3v) is 4.11. The van der Waals surface area contributed by atoms with Crippen molar-refractivity contribution in [1.29, 1.82) is 0 Å². The SMILES string of the molecule is CCC(F)(F)c1ccc(-c2cnc(NCCO)c3ncccc23)cc1. The first-order valence-corrected chi connectivity index (χ1v) is 8.14. The van der Waals surface area contributed by atoms with Crippen molar-refractivity contribution in [2.45, 2.75) is 19.3 Å². The van der Waals surface area contributed by atoms with E-state index in [1.807, 2.05) is 12.1 Å². The number of fused-ring (bicyclic) bond motifs is 1. The van der Waals surface area contributed by atoms with Crippen molar-refractivity contribution in [3.05, 3.63) is 54.4 Å². The fourth-order valence-corrected chi connectivity index (χ4v) is 2.70. The zero-order valence-corrected chi connectivity index (χ0v) is 13.8. The van der Waals surface area contributed by atoms with Gasteiger partial charge in [0, 0.05) is 41.9 Å². The van der Waals surface area contributed by atoms with Gasteiger partial charge in [-0.25, -0.2) is 13.8 Å². The van der Waals surface area contributed by atoms with Gasteiger partial charge in [0.05, 0.1) is 6.61 Å². The zero-order valence-electron chi connectivity index (χ0n) is 13.8. The first-order chi connectivity index (χ1) is 12.1. The van der Waals surface area contributed by atoms with E-state index in [0.29, 0.717) is 17.9 Å². The van der Waals surface area contributed by atoms with Crippen LogP contribution in [0.15, 0.2) is 48.8 Å². The summed E-state index contributed by atoms with van der Waals surface area (Å²) in [5.41, 5.74) is 2.31. The molecule has 0 saturated carbocycles. The number of pyridine rings is 2. The van der Waals surface area contributed by atoms with Crippen LogP contribution in [0.1, 0.15) is 18.9 Å². The molecule has 0 aliphatic heterocycles. The van der Waals surface area contributed by atoms with Crippen LogP contribution in [-0.4, -0.2) is 28.2 Å². The van der Waals surface area contributed by atoms with Gasteiger partial charge in [0.2, 0.25) is 0 Å². The Balaban J connectivity index is 2.04. The van der Waals surface area contributed by atoms with Crippen LogP contribution < -0.4 is 5.32 Å². The summed E-state index contributed by atoms with van der Waals surface area (Å²) in [5.74, 6) is -2.24. The lowest BCUT2D eigenvalue weighted by Crippen LogP contribution is -2.11. The molecule has 0 unspecified atom stereocenters. The monoisotopic (exact) mass is 343 g/mol. The van der Waals surface area contributed by atoms with E-state index in [9.17, 15) is 8.78 Å². The molecule has 0 saturated heterocycles. The Kier molecular flexibility index (Phi) is 4.90. The molecule has 2 N–H and O–H groups in total. The number of aliphatic hydroxyl groups excluding tert-OH is 1. The molecule has 2 heterocycles. The summed E-state index contributed by atoms with van der Waals surface area (Å²) in [7, 11) is 0. The van der Waals surface area contributed by atoms with Gasteiger partial charge in [0.15, 0.2) is 5.82 Å². The molecule has 4 nitrogen and oxygen atoms in total. The van der Waals surface area contributed by atoms with Crippen LogP contribution in [0.25, 0.3) is 22.0 Å². The number of hydrogen-bond donors (Lipinski definition) is 2. The Morgan fingerprint density at radius 2 is 1.88 bits per heavy atom. The van der Waals surface area contributed by atoms with Crippen molar-refractivity contribution in [2.24, 2.45) is 0 Å². The van der Waals surface area contributed by atoms with Crippen molar-refractivity contribution >= 4 is 16.7 Å². The Bertz CT molecular complexity index is 866. The number of anilines is 1. The van der Waals surface area contributed by atoms with Crippen molar-refractivity contribution in [3.8, 4) is 11.1 Å². The quantitative estimate of drug-likeness (QED) is 0.704. The van der Waals surface area contributed by atoms with Crippen LogP contribution in [0.3, 0.4) is 0 Å². The predicted octanol–water partition coefficient (Wildman–Crippen LogP) is 4.20. The van der Waals surface area contributed by atoms with Crippen LogP contribution in [0, 0.1) is 0 Å². The molecule has 0 aliphatic rings. The minimum absolute atomic E-state index is 0.00907. The van der Waals surface area contributed by atoms with Crippen LogP contribution >= 0.6 is 0 Å². The Labute approximate surface area is 144 Å². The molecule has 0 amide bonds. The number of aromatic nitrogens is 2. The number of benzene rings is 1. The number of nitrogens with zero attached hydrogens (tertiary/aromatic N) is 2. The molecule has 0 aliphatic carbocycles.